The van der Waals surface area contributed by atoms with Gasteiger partial charge in [-0.2, -0.15) is 13.2 Å². The molecule has 1 saturated carbocycles. The first-order valence-electron chi connectivity index (χ1n) is 16.1. The number of rotatable bonds is 5. The summed E-state index contributed by atoms with van der Waals surface area (Å²) in [5.74, 6) is -0.0706. The SMILES string of the molecule is COc1ccc2c(OC3CC4C(=O)NC5CC5C=CCCC(C)CC(C)C(NC(=O)OC(C)(C)C(F)(F)F)C(=O)N4C3)nccc2c1. The standard InChI is InChI=1S/C34H43F3N4O6/c1-19-8-6-7-9-22-16-26(22)39-29(42)27-17-24(46-30-25-11-10-23(45-5)15-21(25)12-13-38-30)18-41(27)31(43)28(20(2)14-19)40-32(44)47-33(3,4)34(35,36)37/h7,9-13,15,19-20,22,24,26-28H,6,8,14,16-18H2,1-5H3,(H,39,42)(H,40,44). The third-order valence-corrected chi connectivity index (χ3v) is 9.35. The first-order valence-corrected chi connectivity index (χ1v) is 16.1. The van der Waals surface area contributed by atoms with Gasteiger partial charge in [0.25, 0.3) is 0 Å². The van der Waals surface area contributed by atoms with Crippen molar-refractivity contribution in [3.05, 3.63) is 42.6 Å². The van der Waals surface area contributed by atoms with E-state index >= 15 is 0 Å². The van der Waals surface area contributed by atoms with Crippen LogP contribution in [-0.4, -0.2) is 77.5 Å². The Morgan fingerprint density at radius 2 is 1.87 bits per heavy atom. The molecule has 7 unspecified atom stereocenters. The van der Waals surface area contributed by atoms with Crippen LogP contribution in [-0.2, 0) is 14.3 Å². The van der Waals surface area contributed by atoms with E-state index in [9.17, 15) is 27.6 Å². The van der Waals surface area contributed by atoms with Gasteiger partial charge in [0, 0.05) is 24.0 Å². The number of hydrogen-bond donors (Lipinski definition) is 2. The maximum Gasteiger partial charge on any atom is 0.427 e. The Kier molecular flexibility index (Phi) is 9.93. The van der Waals surface area contributed by atoms with Crippen LogP contribution in [0.5, 0.6) is 11.6 Å². The van der Waals surface area contributed by atoms with Crippen LogP contribution in [0, 0.1) is 17.8 Å². The molecule has 2 N–H and O–H groups in total. The van der Waals surface area contributed by atoms with Crippen LogP contribution in [0.15, 0.2) is 42.6 Å². The Hall–Kier alpha value is -4.03. The molecule has 1 saturated heterocycles. The van der Waals surface area contributed by atoms with E-state index in [1.54, 1.807) is 26.3 Å². The number of aromatic nitrogens is 1. The van der Waals surface area contributed by atoms with Crippen LogP contribution < -0.4 is 20.1 Å². The molecule has 1 aromatic carbocycles. The minimum absolute atomic E-state index is 0.00266. The summed E-state index contributed by atoms with van der Waals surface area (Å²) in [6.07, 6.45) is 2.09. The van der Waals surface area contributed by atoms with Crippen LogP contribution in [0.2, 0.25) is 0 Å². The highest BCUT2D eigenvalue weighted by Gasteiger charge is 2.52. The number of fused-ring (bicyclic) bond motifs is 3. The number of carbonyl (C=O) groups excluding carboxylic acids is 3. The van der Waals surface area contributed by atoms with E-state index in [0.717, 1.165) is 43.9 Å². The minimum atomic E-state index is -4.83. The van der Waals surface area contributed by atoms with Crippen molar-refractivity contribution in [2.24, 2.45) is 17.8 Å². The van der Waals surface area contributed by atoms with E-state index in [2.05, 4.69) is 27.8 Å². The van der Waals surface area contributed by atoms with Crippen molar-refractivity contribution in [3.63, 3.8) is 0 Å². The van der Waals surface area contributed by atoms with Crippen molar-refractivity contribution in [1.82, 2.24) is 20.5 Å². The van der Waals surface area contributed by atoms with E-state index in [0.29, 0.717) is 18.1 Å². The number of carbonyl (C=O) groups is 3. The molecule has 0 radical (unpaired) electrons. The zero-order valence-electron chi connectivity index (χ0n) is 27.3. The van der Waals surface area contributed by atoms with Gasteiger partial charge in [0.2, 0.25) is 23.3 Å². The molecule has 5 rings (SSSR count). The van der Waals surface area contributed by atoms with Crippen LogP contribution in [0.4, 0.5) is 18.0 Å². The van der Waals surface area contributed by atoms with Gasteiger partial charge in [0.05, 0.1) is 13.7 Å². The van der Waals surface area contributed by atoms with Crippen molar-refractivity contribution in [2.75, 3.05) is 13.7 Å². The lowest BCUT2D eigenvalue weighted by Crippen LogP contribution is -2.57. The Morgan fingerprint density at radius 1 is 1.11 bits per heavy atom. The van der Waals surface area contributed by atoms with Crippen molar-refractivity contribution >= 4 is 28.7 Å². The highest BCUT2D eigenvalue weighted by molar-refractivity contribution is 5.92. The molecule has 3 aliphatic rings. The summed E-state index contributed by atoms with van der Waals surface area (Å²) < 4.78 is 57.1. The molecule has 0 spiro atoms. The fourth-order valence-electron chi connectivity index (χ4n) is 6.37. The van der Waals surface area contributed by atoms with E-state index in [4.69, 9.17) is 14.2 Å². The summed E-state index contributed by atoms with van der Waals surface area (Å²) in [6, 6.07) is 5.02. The number of methoxy groups -OCH3 is 1. The van der Waals surface area contributed by atoms with Gasteiger partial charge in [-0.1, -0.05) is 26.0 Å². The minimum Gasteiger partial charge on any atom is -0.497 e. The number of allylic oxidation sites excluding steroid dienone is 1. The predicted molar refractivity (Wildman–Crippen MR) is 168 cm³/mol. The number of nitrogens with zero attached hydrogens (tertiary/aromatic N) is 2. The van der Waals surface area contributed by atoms with Crippen molar-refractivity contribution in [3.8, 4) is 11.6 Å². The van der Waals surface area contributed by atoms with Crippen LogP contribution in [0.25, 0.3) is 10.8 Å². The summed E-state index contributed by atoms with van der Waals surface area (Å²) in [5, 5.41) is 7.05. The quantitative estimate of drug-likeness (QED) is 0.404. The number of benzene rings is 1. The fourth-order valence-corrected chi connectivity index (χ4v) is 6.37. The number of nitrogens with one attached hydrogen (secondary N) is 2. The van der Waals surface area contributed by atoms with Gasteiger partial charge in [0.15, 0.2) is 0 Å². The first kappa shape index (κ1) is 34.3. The molecule has 1 aliphatic carbocycles. The average Bonchev–Trinajstić information content (AvgIpc) is 3.59. The topological polar surface area (TPSA) is 119 Å². The fraction of sp³-hybridized carbons (Fsp3) is 0.588. The number of ether oxygens (including phenoxy) is 3. The third kappa shape index (κ3) is 7.93. The van der Waals surface area contributed by atoms with Gasteiger partial charge >= 0.3 is 12.3 Å². The van der Waals surface area contributed by atoms with Gasteiger partial charge in [-0.3, -0.25) is 9.59 Å². The van der Waals surface area contributed by atoms with Crippen LogP contribution in [0.1, 0.15) is 59.8 Å². The monoisotopic (exact) mass is 660 g/mol. The van der Waals surface area contributed by atoms with Crippen molar-refractivity contribution < 1.29 is 41.8 Å². The Labute approximate surface area is 272 Å². The second kappa shape index (κ2) is 13.6. The zero-order valence-corrected chi connectivity index (χ0v) is 27.3. The summed E-state index contributed by atoms with van der Waals surface area (Å²) in [5.41, 5.74) is -2.78. The molecular formula is C34H43F3N4O6. The number of amides is 3. The van der Waals surface area contributed by atoms with E-state index in [1.807, 2.05) is 25.1 Å². The maximum absolute atomic E-state index is 14.4. The van der Waals surface area contributed by atoms with E-state index in [1.165, 1.54) is 4.90 Å². The van der Waals surface area contributed by atoms with E-state index in [-0.39, 0.29) is 36.8 Å². The number of alkyl halides is 3. The second-order valence-corrected chi connectivity index (χ2v) is 13.5. The summed E-state index contributed by atoms with van der Waals surface area (Å²) in [7, 11) is 1.57. The Bertz CT molecular complexity index is 1510. The van der Waals surface area contributed by atoms with Crippen molar-refractivity contribution in [1.29, 1.82) is 0 Å². The predicted octanol–water partition coefficient (Wildman–Crippen LogP) is 5.54. The average molecular weight is 661 g/mol. The molecule has 10 nitrogen and oxygen atoms in total. The zero-order chi connectivity index (χ0) is 34.1. The normalized spacial score (nSPS) is 28.8. The van der Waals surface area contributed by atoms with E-state index < -0.39 is 47.9 Å². The lowest BCUT2D eigenvalue weighted by molar-refractivity contribution is -0.244. The van der Waals surface area contributed by atoms with Gasteiger partial charge in [-0.05, 0) is 86.9 Å². The number of alkyl carbamates (subject to hydrolysis) is 1. The second-order valence-electron chi connectivity index (χ2n) is 13.5. The van der Waals surface area contributed by atoms with Crippen LogP contribution >= 0.6 is 0 Å². The molecule has 3 amide bonds. The molecule has 7 atom stereocenters. The number of hydrogen-bond acceptors (Lipinski definition) is 7. The first-order chi connectivity index (χ1) is 22.2. The molecule has 0 bridgehead atoms. The van der Waals surface area contributed by atoms with Gasteiger partial charge in [0.1, 0.15) is 23.9 Å². The molecule has 47 heavy (non-hydrogen) atoms. The highest BCUT2D eigenvalue weighted by atomic mass is 19.4. The lowest BCUT2D eigenvalue weighted by atomic mass is 9.88. The summed E-state index contributed by atoms with van der Waals surface area (Å²) in [4.78, 5) is 46.8. The number of pyridine rings is 1. The van der Waals surface area contributed by atoms with Crippen LogP contribution in [0.3, 0.4) is 0 Å². The summed E-state index contributed by atoms with van der Waals surface area (Å²) >= 11 is 0. The largest absolute Gasteiger partial charge is 0.497 e. The highest BCUT2D eigenvalue weighted by Crippen LogP contribution is 2.36. The molecule has 2 aliphatic heterocycles. The Balaban J connectivity index is 1.44. The van der Waals surface area contributed by atoms with Gasteiger partial charge in [-0.25, -0.2) is 9.78 Å². The summed E-state index contributed by atoms with van der Waals surface area (Å²) in [6.45, 7) is 5.30. The molecule has 3 heterocycles. The van der Waals surface area contributed by atoms with Gasteiger partial charge < -0.3 is 29.7 Å². The Morgan fingerprint density at radius 3 is 2.60 bits per heavy atom. The third-order valence-electron chi connectivity index (χ3n) is 9.35. The molecule has 13 heteroatoms. The smallest absolute Gasteiger partial charge is 0.427 e. The maximum atomic E-state index is 14.4. The molecule has 2 aromatic rings. The molecule has 2 fully saturated rings. The van der Waals surface area contributed by atoms with Crippen molar-refractivity contribution in [2.45, 2.75) is 95.8 Å². The number of halogens is 3. The van der Waals surface area contributed by atoms with Gasteiger partial charge in [-0.15, -0.1) is 0 Å². The lowest BCUT2D eigenvalue weighted by Gasteiger charge is -2.33. The molecule has 256 valence electrons. The molecular weight excluding hydrogens is 617 g/mol. The molecule has 1 aromatic heterocycles.